The van der Waals surface area contributed by atoms with Crippen molar-refractivity contribution < 1.29 is 14.3 Å². The number of amides is 1. The van der Waals surface area contributed by atoms with E-state index in [9.17, 15) is 4.79 Å². The highest BCUT2D eigenvalue weighted by Gasteiger charge is 2.22. The molecule has 0 N–H and O–H groups in total. The molecule has 134 valence electrons. The van der Waals surface area contributed by atoms with E-state index < -0.39 is 0 Å². The van der Waals surface area contributed by atoms with Crippen LogP contribution in [0.1, 0.15) is 46.0 Å². The lowest BCUT2D eigenvalue weighted by molar-refractivity contribution is -0.138. The molecule has 2 aliphatic rings. The van der Waals surface area contributed by atoms with Gasteiger partial charge in [-0.05, 0) is 38.1 Å². The Bertz CT molecular complexity index is 335. The highest BCUT2D eigenvalue weighted by molar-refractivity contribution is 5.77. The first-order chi connectivity index (χ1) is 11.2. The highest BCUT2D eigenvalue weighted by atomic mass is 16.5. The number of hydrogen-bond acceptors (Lipinski definition) is 4. The van der Waals surface area contributed by atoms with E-state index in [0.717, 1.165) is 64.3 Å². The van der Waals surface area contributed by atoms with Gasteiger partial charge in [0.15, 0.2) is 0 Å². The minimum absolute atomic E-state index is 0.135. The van der Waals surface area contributed by atoms with Gasteiger partial charge in [-0.3, -0.25) is 4.79 Å². The van der Waals surface area contributed by atoms with Crippen LogP contribution in [0.3, 0.4) is 0 Å². The third-order valence-electron chi connectivity index (χ3n) is 5.33. The van der Waals surface area contributed by atoms with Crippen molar-refractivity contribution in [1.82, 2.24) is 9.80 Å². The van der Waals surface area contributed by atoms with E-state index in [2.05, 4.69) is 18.7 Å². The number of rotatable bonds is 8. The van der Waals surface area contributed by atoms with E-state index in [1.807, 2.05) is 4.90 Å². The molecule has 0 atom stereocenters. The molecule has 2 aliphatic heterocycles. The van der Waals surface area contributed by atoms with Crippen molar-refractivity contribution >= 4 is 5.91 Å². The number of likely N-dealkylation sites (tertiary alicyclic amines) is 2. The Morgan fingerprint density at radius 1 is 1.00 bits per heavy atom. The first-order valence-electron chi connectivity index (χ1n) is 9.42. The van der Waals surface area contributed by atoms with Crippen molar-refractivity contribution in [2.75, 3.05) is 52.5 Å². The van der Waals surface area contributed by atoms with Gasteiger partial charge in [-0.1, -0.05) is 20.3 Å². The van der Waals surface area contributed by atoms with Gasteiger partial charge in [0.2, 0.25) is 5.91 Å². The van der Waals surface area contributed by atoms with Crippen LogP contribution in [-0.2, 0) is 14.3 Å². The molecule has 5 nitrogen and oxygen atoms in total. The van der Waals surface area contributed by atoms with Gasteiger partial charge in [0.1, 0.15) is 6.61 Å². The minimum Gasteiger partial charge on any atom is -0.376 e. The van der Waals surface area contributed by atoms with Crippen molar-refractivity contribution in [1.29, 1.82) is 0 Å². The van der Waals surface area contributed by atoms with Crippen LogP contribution in [0.4, 0.5) is 0 Å². The van der Waals surface area contributed by atoms with Crippen molar-refractivity contribution in [2.45, 2.75) is 52.1 Å². The second-order valence-corrected chi connectivity index (χ2v) is 6.79. The van der Waals surface area contributed by atoms with E-state index in [4.69, 9.17) is 9.47 Å². The van der Waals surface area contributed by atoms with Crippen molar-refractivity contribution in [3.05, 3.63) is 0 Å². The molecular formula is C18H34N2O3. The zero-order valence-corrected chi connectivity index (χ0v) is 15.0. The summed E-state index contributed by atoms with van der Waals surface area (Å²) in [6, 6.07) is 0. The maximum atomic E-state index is 12.1. The van der Waals surface area contributed by atoms with Crippen LogP contribution in [0.25, 0.3) is 0 Å². The summed E-state index contributed by atoms with van der Waals surface area (Å²) in [5.41, 5.74) is 0. The molecule has 0 unspecified atom stereocenters. The average molecular weight is 326 g/mol. The third kappa shape index (κ3) is 6.40. The molecule has 2 fully saturated rings. The Labute approximate surface area is 141 Å². The lowest BCUT2D eigenvalue weighted by Crippen LogP contribution is -2.40. The number of carbonyl (C=O) groups excluding carboxylic acids is 1. The Balaban J connectivity index is 1.48. The zero-order chi connectivity index (χ0) is 16.5. The van der Waals surface area contributed by atoms with Gasteiger partial charge in [0.05, 0.1) is 19.3 Å². The molecule has 5 heteroatoms. The quantitative estimate of drug-likeness (QED) is 0.641. The summed E-state index contributed by atoms with van der Waals surface area (Å²) in [6.07, 6.45) is 6.10. The van der Waals surface area contributed by atoms with Crippen LogP contribution in [0, 0.1) is 5.92 Å². The molecule has 0 aliphatic carbocycles. The zero-order valence-electron chi connectivity index (χ0n) is 15.0. The lowest BCUT2D eigenvalue weighted by atomic mass is 9.94. The largest absolute Gasteiger partial charge is 0.376 e. The fourth-order valence-electron chi connectivity index (χ4n) is 3.51. The van der Waals surface area contributed by atoms with E-state index in [0.29, 0.717) is 19.3 Å². The smallest absolute Gasteiger partial charge is 0.248 e. The van der Waals surface area contributed by atoms with Gasteiger partial charge in [0.25, 0.3) is 0 Å². The van der Waals surface area contributed by atoms with Crippen molar-refractivity contribution in [2.24, 2.45) is 5.92 Å². The second-order valence-electron chi connectivity index (χ2n) is 6.79. The Kier molecular flexibility index (Phi) is 8.34. The average Bonchev–Trinajstić information content (AvgIpc) is 2.62. The summed E-state index contributed by atoms with van der Waals surface area (Å²) in [5, 5.41) is 0. The van der Waals surface area contributed by atoms with Crippen LogP contribution < -0.4 is 0 Å². The van der Waals surface area contributed by atoms with Gasteiger partial charge < -0.3 is 19.3 Å². The fraction of sp³-hybridized carbons (Fsp3) is 0.944. The Morgan fingerprint density at radius 3 is 2.30 bits per heavy atom. The van der Waals surface area contributed by atoms with Crippen molar-refractivity contribution in [3.63, 3.8) is 0 Å². The van der Waals surface area contributed by atoms with Gasteiger partial charge >= 0.3 is 0 Å². The first-order valence-corrected chi connectivity index (χ1v) is 9.42. The third-order valence-corrected chi connectivity index (χ3v) is 5.33. The number of carbonyl (C=O) groups is 1. The molecule has 0 radical (unpaired) electrons. The van der Waals surface area contributed by atoms with Gasteiger partial charge in [-0.2, -0.15) is 0 Å². The molecule has 0 aromatic carbocycles. The van der Waals surface area contributed by atoms with Crippen LogP contribution in [-0.4, -0.2) is 74.4 Å². The van der Waals surface area contributed by atoms with Gasteiger partial charge in [-0.25, -0.2) is 0 Å². The maximum absolute atomic E-state index is 12.1. The molecule has 0 spiro atoms. The summed E-state index contributed by atoms with van der Waals surface area (Å²) in [7, 11) is 0. The standard InChI is InChI=1S/C18H34N2O3/c1-3-16-5-11-20(12-6-16)18(21)15-22-13-14-23-17-7-9-19(4-2)10-8-17/h16-17H,3-15H2,1-2H3. The summed E-state index contributed by atoms with van der Waals surface area (Å²) >= 11 is 0. The molecule has 0 aromatic rings. The van der Waals surface area contributed by atoms with E-state index in [1.54, 1.807) is 0 Å². The molecular weight excluding hydrogens is 292 g/mol. The number of ether oxygens (including phenoxy) is 2. The monoisotopic (exact) mass is 326 g/mol. The highest BCUT2D eigenvalue weighted by Crippen LogP contribution is 2.19. The molecule has 2 saturated heterocycles. The summed E-state index contributed by atoms with van der Waals surface area (Å²) < 4.78 is 11.4. The predicted octanol–water partition coefficient (Wildman–Crippen LogP) is 2.15. The fourth-order valence-corrected chi connectivity index (χ4v) is 3.51. The molecule has 23 heavy (non-hydrogen) atoms. The van der Waals surface area contributed by atoms with Crippen LogP contribution in [0.5, 0.6) is 0 Å². The lowest BCUT2D eigenvalue weighted by Gasteiger charge is -2.31. The topological polar surface area (TPSA) is 42.0 Å². The molecule has 2 rings (SSSR count). The van der Waals surface area contributed by atoms with Gasteiger partial charge in [0, 0.05) is 26.2 Å². The van der Waals surface area contributed by atoms with Crippen LogP contribution >= 0.6 is 0 Å². The summed E-state index contributed by atoms with van der Waals surface area (Å²) in [4.78, 5) is 16.5. The number of nitrogens with zero attached hydrogens (tertiary/aromatic N) is 2. The maximum Gasteiger partial charge on any atom is 0.248 e. The van der Waals surface area contributed by atoms with Crippen LogP contribution in [0.15, 0.2) is 0 Å². The second kappa shape index (κ2) is 10.3. The predicted molar refractivity (Wildman–Crippen MR) is 91.5 cm³/mol. The molecule has 0 aromatic heterocycles. The Morgan fingerprint density at radius 2 is 1.70 bits per heavy atom. The molecule has 1 amide bonds. The summed E-state index contributed by atoms with van der Waals surface area (Å²) in [5.74, 6) is 0.934. The molecule has 0 bridgehead atoms. The molecule has 2 heterocycles. The molecule has 0 saturated carbocycles. The Hall–Kier alpha value is -0.650. The summed E-state index contributed by atoms with van der Waals surface area (Å²) in [6.45, 7) is 11.0. The number of hydrogen-bond donors (Lipinski definition) is 0. The van der Waals surface area contributed by atoms with Crippen LogP contribution in [0.2, 0.25) is 0 Å². The number of piperidine rings is 2. The van der Waals surface area contributed by atoms with Gasteiger partial charge in [-0.15, -0.1) is 0 Å². The van der Waals surface area contributed by atoms with Crippen molar-refractivity contribution in [3.8, 4) is 0 Å². The SMILES string of the molecule is CCC1CCN(C(=O)COCCOC2CCN(CC)CC2)CC1. The van der Waals surface area contributed by atoms with E-state index in [1.165, 1.54) is 6.42 Å². The normalized spacial score (nSPS) is 21.7. The van der Waals surface area contributed by atoms with E-state index in [-0.39, 0.29) is 12.5 Å². The first kappa shape index (κ1) is 18.7. The minimum atomic E-state index is 0.135. The van der Waals surface area contributed by atoms with E-state index >= 15 is 0 Å².